The number of rotatable bonds is 5. The number of anilines is 1. The molecule has 152 valence electrons. The standard InChI is InChI=1S/C23H19FN2O3S/c24-19-12-10-17(11-13-19)14-25-15-22-23(27)20-8-4-5-9-21(20)26(30(22,28)29)16-18-6-2-1-3-7-18/h1-13,15,25H,14,16H2. The highest BCUT2D eigenvalue weighted by atomic mass is 32.2. The number of benzene rings is 3. The van der Waals surface area contributed by atoms with Gasteiger partial charge in [-0.2, -0.15) is 0 Å². The number of carbonyl (C=O) groups is 1. The van der Waals surface area contributed by atoms with Gasteiger partial charge in [0, 0.05) is 18.3 Å². The van der Waals surface area contributed by atoms with Gasteiger partial charge in [0.2, 0.25) is 5.78 Å². The summed E-state index contributed by atoms with van der Waals surface area (Å²) in [5, 5.41) is 2.88. The highest BCUT2D eigenvalue weighted by Gasteiger charge is 2.39. The van der Waals surface area contributed by atoms with Gasteiger partial charge in [-0.15, -0.1) is 0 Å². The van der Waals surface area contributed by atoms with Crippen molar-refractivity contribution in [3.63, 3.8) is 0 Å². The molecule has 1 aliphatic heterocycles. The van der Waals surface area contributed by atoms with Gasteiger partial charge in [-0.05, 0) is 35.4 Å². The van der Waals surface area contributed by atoms with E-state index in [-0.39, 0.29) is 23.8 Å². The summed E-state index contributed by atoms with van der Waals surface area (Å²) in [6.45, 7) is 0.371. The van der Waals surface area contributed by atoms with Crippen LogP contribution in [0.3, 0.4) is 0 Å². The normalized spacial score (nSPS) is 16.4. The largest absolute Gasteiger partial charge is 0.386 e. The van der Waals surface area contributed by atoms with Gasteiger partial charge in [0.05, 0.1) is 12.2 Å². The van der Waals surface area contributed by atoms with Crippen molar-refractivity contribution in [3.8, 4) is 0 Å². The molecule has 0 bridgehead atoms. The topological polar surface area (TPSA) is 66.5 Å². The smallest absolute Gasteiger partial charge is 0.270 e. The van der Waals surface area contributed by atoms with Gasteiger partial charge in [-0.25, -0.2) is 12.8 Å². The Hall–Kier alpha value is -3.45. The average molecular weight is 422 g/mol. The predicted octanol–water partition coefficient (Wildman–Crippen LogP) is 3.99. The number of fused-ring (bicyclic) bond motifs is 1. The van der Waals surface area contributed by atoms with Gasteiger partial charge in [0.15, 0.2) is 4.91 Å². The molecule has 0 aliphatic carbocycles. The molecule has 1 heterocycles. The number of Topliss-reactive ketones (excluding diaryl/α,β-unsaturated/α-hetero) is 1. The molecule has 0 atom stereocenters. The van der Waals surface area contributed by atoms with Gasteiger partial charge in [-0.1, -0.05) is 54.6 Å². The minimum absolute atomic E-state index is 0.114. The summed E-state index contributed by atoms with van der Waals surface area (Å²) in [4.78, 5) is 12.6. The third-order valence-corrected chi connectivity index (χ3v) is 6.60. The summed E-state index contributed by atoms with van der Waals surface area (Å²) in [5.74, 6) is -0.906. The monoisotopic (exact) mass is 422 g/mol. The van der Waals surface area contributed by atoms with Crippen molar-refractivity contribution in [2.75, 3.05) is 4.31 Å². The highest BCUT2D eigenvalue weighted by molar-refractivity contribution is 7.97. The van der Waals surface area contributed by atoms with Crippen LogP contribution in [0, 0.1) is 5.82 Å². The highest BCUT2D eigenvalue weighted by Crippen LogP contribution is 2.35. The maximum atomic E-state index is 13.3. The molecule has 1 N–H and O–H groups in total. The van der Waals surface area contributed by atoms with E-state index in [9.17, 15) is 17.6 Å². The lowest BCUT2D eigenvalue weighted by Gasteiger charge is -2.31. The molecule has 1 aliphatic rings. The first-order chi connectivity index (χ1) is 14.5. The van der Waals surface area contributed by atoms with Gasteiger partial charge in [0.1, 0.15) is 5.82 Å². The Bertz CT molecular complexity index is 1210. The number of ketones is 1. The third-order valence-electron chi connectivity index (χ3n) is 4.83. The molecule has 7 heteroatoms. The first-order valence-corrected chi connectivity index (χ1v) is 10.8. The Morgan fingerprint density at radius 2 is 1.53 bits per heavy atom. The van der Waals surface area contributed by atoms with Crippen LogP contribution >= 0.6 is 0 Å². The summed E-state index contributed by atoms with van der Waals surface area (Å²) in [7, 11) is -4.06. The number of halogens is 1. The molecule has 30 heavy (non-hydrogen) atoms. The van der Waals surface area contributed by atoms with Crippen LogP contribution in [-0.2, 0) is 23.1 Å². The first-order valence-electron chi connectivity index (χ1n) is 9.35. The van der Waals surface area contributed by atoms with E-state index in [2.05, 4.69) is 5.32 Å². The van der Waals surface area contributed by atoms with Crippen LogP contribution in [0.15, 0.2) is 90.0 Å². The molecule has 3 aromatic carbocycles. The van der Waals surface area contributed by atoms with Crippen molar-refractivity contribution < 1.29 is 17.6 Å². The van der Waals surface area contributed by atoms with E-state index in [1.807, 2.05) is 30.3 Å². The quantitative estimate of drug-likeness (QED) is 0.632. The summed E-state index contributed by atoms with van der Waals surface area (Å²) < 4.78 is 41.0. The van der Waals surface area contributed by atoms with Crippen molar-refractivity contribution in [1.29, 1.82) is 0 Å². The van der Waals surface area contributed by atoms with Crippen LogP contribution in [-0.4, -0.2) is 14.2 Å². The van der Waals surface area contributed by atoms with Crippen molar-refractivity contribution in [2.24, 2.45) is 0 Å². The summed E-state index contributed by atoms with van der Waals surface area (Å²) in [6, 6.07) is 21.7. The number of carbonyl (C=O) groups excluding carboxylic acids is 1. The lowest BCUT2D eigenvalue weighted by molar-refractivity contribution is 0.104. The fraction of sp³-hybridized carbons (Fsp3) is 0.0870. The molecule has 3 aromatic rings. The van der Waals surface area contributed by atoms with Gasteiger partial charge >= 0.3 is 0 Å². The van der Waals surface area contributed by atoms with Crippen molar-refractivity contribution in [2.45, 2.75) is 13.1 Å². The number of hydrogen-bond acceptors (Lipinski definition) is 4. The maximum absolute atomic E-state index is 13.3. The van der Waals surface area contributed by atoms with E-state index in [1.54, 1.807) is 36.4 Å². The molecule has 0 saturated carbocycles. The minimum Gasteiger partial charge on any atom is -0.386 e. The van der Waals surface area contributed by atoms with Crippen LogP contribution in [0.2, 0.25) is 0 Å². The molecule has 4 rings (SSSR count). The molecule has 0 fully saturated rings. The molecule has 0 amide bonds. The second kappa shape index (κ2) is 8.12. The van der Waals surface area contributed by atoms with Crippen LogP contribution in [0.1, 0.15) is 21.5 Å². The minimum atomic E-state index is -4.06. The van der Waals surface area contributed by atoms with Crippen LogP contribution in [0.5, 0.6) is 0 Å². The van der Waals surface area contributed by atoms with E-state index >= 15 is 0 Å². The van der Waals surface area contributed by atoms with E-state index < -0.39 is 15.8 Å². The fourth-order valence-corrected chi connectivity index (χ4v) is 4.86. The zero-order valence-electron chi connectivity index (χ0n) is 16.0. The Morgan fingerprint density at radius 1 is 0.867 bits per heavy atom. The Labute approximate surface area is 174 Å². The molecule has 0 spiro atoms. The number of nitrogens with one attached hydrogen (secondary N) is 1. The molecule has 0 unspecified atom stereocenters. The first kappa shape index (κ1) is 19.8. The second-order valence-corrected chi connectivity index (χ2v) is 8.69. The van der Waals surface area contributed by atoms with E-state index in [4.69, 9.17) is 0 Å². The molecular formula is C23H19FN2O3S. The van der Waals surface area contributed by atoms with Gasteiger partial charge in [-0.3, -0.25) is 9.10 Å². The summed E-state index contributed by atoms with van der Waals surface area (Å²) in [5.41, 5.74) is 2.26. The number of allylic oxidation sites excluding steroid dienone is 1. The Morgan fingerprint density at radius 3 is 2.27 bits per heavy atom. The molecule has 0 saturated heterocycles. The Kier molecular flexibility index (Phi) is 5.37. The lowest BCUT2D eigenvalue weighted by atomic mass is 10.1. The van der Waals surface area contributed by atoms with Crippen LogP contribution in [0.25, 0.3) is 0 Å². The molecule has 0 radical (unpaired) electrons. The van der Waals surface area contributed by atoms with Gasteiger partial charge in [0.25, 0.3) is 10.0 Å². The fourth-order valence-electron chi connectivity index (χ4n) is 3.30. The second-order valence-electron chi connectivity index (χ2n) is 6.86. The van der Waals surface area contributed by atoms with Crippen molar-refractivity contribution in [3.05, 3.63) is 112 Å². The van der Waals surface area contributed by atoms with Gasteiger partial charge < -0.3 is 5.32 Å². The van der Waals surface area contributed by atoms with E-state index in [0.29, 0.717) is 11.3 Å². The maximum Gasteiger partial charge on any atom is 0.270 e. The zero-order valence-corrected chi connectivity index (χ0v) is 16.8. The number of nitrogens with zero attached hydrogens (tertiary/aromatic N) is 1. The SMILES string of the molecule is O=C1C(=CNCc2ccc(F)cc2)S(=O)(=O)N(Cc2ccccc2)c2ccccc21. The number of hydrogen-bond donors (Lipinski definition) is 1. The molecular weight excluding hydrogens is 403 g/mol. The molecule has 5 nitrogen and oxygen atoms in total. The van der Waals surface area contributed by atoms with Crippen LogP contribution in [0.4, 0.5) is 10.1 Å². The Balaban J connectivity index is 1.68. The third kappa shape index (κ3) is 3.84. The van der Waals surface area contributed by atoms with Crippen LogP contribution < -0.4 is 9.62 Å². The van der Waals surface area contributed by atoms with E-state index in [0.717, 1.165) is 11.1 Å². The zero-order chi connectivity index (χ0) is 21.1. The average Bonchev–Trinajstić information content (AvgIpc) is 2.76. The lowest BCUT2D eigenvalue weighted by Crippen LogP contribution is -2.39. The summed E-state index contributed by atoms with van der Waals surface area (Å²) >= 11 is 0. The molecule has 0 aromatic heterocycles. The predicted molar refractivity (Wildman–Crippen MR) is 114 cm³/mol. The summed E-state index contributed by atoms with van der Waals surface area (Å²) in [6.07, 6.45) is 1.23. The van der Waals surface area contributed by atoms with Crippen molar-refractivity contribution >= 4 is 21.5 Å². The number of sulfonamides is 1. The van der Waals surface area contributed by atoms with E-state index in [1.165, 1.54) is 22.6 Å². The van der Waals surface area contributed by atoms with Crippen molar-refractivity contribution in [1.82, 2.24) is 5.32 Å². The number of para-hydroxylation sites is 1.